The molecule has 1 aliphatic rings. The van der Waals surface area contributed by atoms with E-state index in [1.807, 2.05) is 0 Å². The van der Waals surface area contributed by atoms with Crippen LogP contribution in [0.1, 0.15) is 5.56 Å². The van der Waals surface area contributed by atoms with Crippen molar-refractivity contribution in [3.8, 4) is 0 Å². The molecule has 1 unspecified atom stereocenters. The van der Waals surface area contributed by atoms with Crippen LogP contribution in [0.5, 0.6) is 0 Å². The van der Waals surface area contributed by atoms with Gasteiger partial charge in [0.15, 0.2) is 17.0 Å². The third kappa shape index (κ3) is 2.97. The molecule has 3 aromatic rings. The fourth-order valence-corrected chi connectivity index (χ4v) is 3.01. The Balaban J connectivity index is 1.77. The number of anilines is 2. The number of fused-ring (bicyclic) bond motifs is 1. The van der Waals surface area contributed by atoms with Gasteiger partial charge >= 0.3 is 0 Å². The van der Waals surface area contributed by atoms with Crippen LogP contribution in [0, 0.1) is 5.82 Å². The summed E-state index contributed by atoms with van der Waals surface area (Å²) in [6, 6.07) is 3.78. The zero-order chi connectivity index (χ0) is 19.0. The van der Waals surface area contributed by atoms with Gasteiger partial charge in [0.2, 0.25) is 0 Å². The van der Waals surface area contributed by atoms with Gasteiger partial charge in [-0.2, -0.15) is 0 Å². The molecule has 0 amide bonds. The summed E-state index contributed by atoms with van der Waals surface area (Å²) in [6.45, 7) is -0.542. The van der Waals surface area contributed by atoms with Crippen molar-refractivity contribution >= 4 is 23.0 Å². The number of ether oxygens (including phenoxy) is 1. The third-order valence-electron chi connectivity index (χ3n) is 4.28. The van der Waals surface area contributed by atoms with Crippen LogP contribution < -0.4 is 11.1 Å². The second kappa shape index (κ2) is 6.54. The Morgan fingerprint density at radius 3 is 2.74 bits per heavy atom. The average Bonchev–Trinajstić information content (AvgIpc) is 3.13. The maximum Gasteiger partial charge on any atom is 0.269 e. The monoisotopic (exact) mass is 376 g/mol. The lowest BCUT2D eigenvalue weighted by molar-refractivity contribution is -0.0145. The summed E-state index contributed by atoms with van der Waals surface area (Å²) in [7, 11) is 0. The smallest absolute Gasteiger partial charge is 0.269 e. The van der Waals surface area contributed by atoms with Gasteiger partial charge in [0.05, 0.1) is 6.61 Å². The summed E-state index contributed by atoms with van der Waals surface area (Å²) < 4.78 is 49.1. The molecule has 4 rings (SSSR count). The number of imidazole rings is 1. The van der Waals surface area contributed by atoms with E-state index in [1.54, 1.807) is 29.2 Å². The molecule has 0 saturated carbocycles. The molecule has 0 spiro atoms. The van der Waals surface area contributed by atoms with Crippen LogP contribution in [-0.4, -0.2) is 39.8 Å². The molecule has 1 atom stereocenters. The highest BCUT2D eigenvalue weighted by Gasteiger charge is 2.46. The van der Waals surface area contributed by atoms with Crippen LogP contribution in [-0.2, 0) is 10.3 Å². The Labute approximate surface area is 151 Å². The number of aliphatic imine (C=N–C) groups is 1. The lowest BCUT2D eigenvalue weighted by atomic mass is 9.90. The summed E-state index contributed by atoms with van der Waals surface area (Å²) in [4.78, 5) is 12.2. The van der Waals surface area contributed by atoms with Crippen molar-refractivity contribution in [2.45, 2.75) is 12.0 Å². The molecule has 0 fully saturated rings. The van der Waals surface area contributed by atoms with Crippen molar-refractivity contribution in [3.63, 3.8) is 0 Å². The highest BCUT2D eigenvalue weighted by Crippen LogP contribution is 2.38. The quantitative estimate of drug-likeness (QED) is 0.730. The first-order valence-electron chi connectivity index (χ1n) is 8.04. The number of benzene rings is 1. The third-order valence-corrected chi connectivity index (χ3v) is 4.28. The molecular weight excluding hydrogens is 361 g/mol. The summed E-state index contributed by atoms with van der Waals surface area (Å²) in [5, 5.41) is 2.98. The van der Waals surface area contributed by atoms with Crippen LogP contribution in [0.2, 0.25) is 0 Å². The van der Waals surface area contributed by atoms with Crippen LogP contribution in [0.4, 0.5) is 24.7 Å². The Morgan fingerprint density at radius 1 is 1.22 bits per heavy atom. The Hall–Kier alpha value is -3.14. The number of nitrogens with two attached hydrogens (primary N) is 1. The van der Waals surface area contributed by atoms with Gasteiger partial charge in [-0.15, -0.1) is 0 Å². The maximum absolute atomic E-state index is 14.5. The molecule has 1 aromatic carbocycles. The van der Waals surface area contributed by atoms with Crippen LogP contribution >= 0.6 is 0 Å². The van der Waals surface area contributed by atoms with Crippen LogP contribution in [0.25, 0.3) is 5.65 Å². The normalized spacial score (nSPS) is 20.1. The van der Waals surface area contributed by atoms with E-state index in [9.17, 15) is 13.2 Å². The van der Waals surface area contributed by atoms with E-state index in [-0.39, 0.29) is 18.0 Å². The Bertz CT molecular complexity index is 1020. The molecule has 0 saturated heterocycles. The fraction of sp³-hybridized carbons (Fsp3) is 0.235. The SMILES string of the molecule is NC1=NC(c2cc(Nc3nccn4ccnc34)ccc2F)(C(F)F)COC1. The largest absolute Gasteiger partial charge is 0.385 e. The molecule has 27 heavy (non-hydrogen) atoms. The molecule has 3 heterocycles. The summed E-state index contributed by atoms with van der Waals surface area (Å²) >= 11 is 0. The van der Waals surface area contributed by atoms with Crippen LogP contribution in [0.15, 0.2) is 48.0 Å². The number of nitrogens with zero attached hydrogens (tertiary/aromatic N) is 4. The fourth-order valence-electron chi connectivity index (χ4n) is 3.01. The van der Waals surface area contributed by atoms with E-state index < -0.39 is 24.4 Å². The van der Waals surface area contributed by atoms with E-state index in [0.29, 0.717) is 17.2 Å². The molecular formula is C17H15F3N6O. The van der Waals surface area contributed by atoms with Gasteiger partial charge < -0.3 is 20.2 Å². The first-order valence-corrected chi connectivity index (χ1v) is 8.04. The minimum atomic E-state index is -3.00. The number of alkyl halides is 2. The predicted octanol–water partition coefficient (Wildman–Crippen LogP) is 2.46. The van der Waals surface area contributed by atoms with Crippen molar-refractivity contribution in [2.75, 3.05) is 18.5 Å². The number of rotatable bonds is 4. The topological polar surface area (TPSA) is 89.8 Å². The second-order valence-corrected chi connectivity index (χ2v) is 6.07. The first kappa shape index (κ1) is 17.3. The first-order chi connectivity index (χ1) is 13.0. The standard InChI is InChI=1S/C17H15F3N6O/c18-12-2-1-10(24-14-15-23-4-6-26(15)5-3-22-14)7-11(12)17(16(19)20)9-27-8-13(21)25-17/h1-7,16H,8-9H2,(H2,21,25)(H,22,24). The molecule has 3 N–H and O–H groups in total. The molecule has 1 aliphatic heterocycles. The molecule has 10 heteroatoms. The minimum Gasteiger partial charge on any atom is -0.385 e. The van der Waals surface area contributed by atoms with Gasteiger partial charge in [0.25, 0.3) is 6.43 Å². The predicted molar refractivity (Wildman–Crippen MR) is 92.8 cm³/mol. The van der Waals surface area contributed by atoms with E-state index in [2.05, 4.69) is 20.3 Å². The molecule has 0 bridgehead atoms. The number of hydrogen-bond acceptors (Lipinski definition) is 6. The Kier molecular flexibility index (Phi) is 4.19. The van der Waals surface area contributed by atoms with E-state index >= 15 is 0 Å². The van der Waals surface area contributed by atoms with E-state index in [1.165, 1.54) is 12.1 Å². The number of hydrogen-bond donors (Lipinski definition) is 2. The van der Waals surface area contributed by atoms with E-state index in [4.69, 9.17) is 10.5 Å². The summed E-state index contributed by atoms with van der Waals surface area (Å²) in [5.41, 5.74) is 3.97. The molecule has 0 aliphatic carbocycles. The van der Waals surface area contributed by atoms with Crippen molar-refractivity contribution in [1.29, 1.82) is 0 Å². The van der Waals surface area contributed by atoms with Gasteiger partial charge in [-0.3, -0.25) is 4.99 Å². The minimum absolute atomic E-state index is 0.0696. The average molecular weight is 376 g/mol. The maximum atomic E-state index is 14.5. The highest BCUT2D eigenvalue weighted by atomic mass is 19.3. The number of nitrogens with one attached hydrogen (secondary N) is 1. The van der Waals surface area contributed by atoms with Gasteiger partial charge in [0.1, 0.15) is 18.3 Å². The molecule has 7 nitrogen and oxygen atoms in total. The van der Waals surface area contributed by atoms with Gasteiger partial charge in [-0.1, -0.05) is 0 Å². The second-order valence-electron chi connectivity index (χ2n) is 6.07. The number of aromatic nitrogens is 3. The summed E-state index contributed by atoms with van der Waals surface area (Å²) in [6.07, 6.45) is 3.60. The molecule has 0 radical (unpaired) electrons. The Morgan fingerprint density at radius 2 is 2.00 bits per heavy atom. The highest BCUT2D eigenvalue weighted by molar-refractivity contribution is 5.83. The van der Waals surface area contributed by atoms with Gasteiger partial charge in [-0.05, 0) is 18.2 Å². The van der Waals surface area contributed by atoms with Gasteiger partial charge in [0, 0.05) is 36.0 Å². The zero-order valence-corrected chi connectivity index (χ0v) is 13.9. The zero-order valence-electron chi connectivity index (χ0n) is 13.9. The molecule has 2 aromatic heterocycles. The van der Waals surface area contributed by atoms with Crippen molar-refractivity contribution < 1.29 is 17.9 Å². The van der Waals surface area contributed by atoms with Gasteiger partial charge in [-0.25, -0.2) is 23.1 Å². The van der Waals surface area contributed by atoms with Crippen molar-refractivity contribution in [1.82, 2.24) is 14.4 Å². The lowest BCUT2D eigenvalue weighted by Crippen LogP contribution is -2.45. The number of halogens is 3. The van der Waals surface area contributed by atoms with Crippen molar-refractivity contribution in [2.24, 2.45) is 10.7 Å². The summed E-state index contributed by atoms with van der Waals surface area (Å²) in [5.74, 6) is -0.535. The lowest BCUT2D eigenvalue weighted by Gasteiger charge is -2.33. The molecule has 140 valence electrons. The van der Waals surface area contributed by atoms with Crippen molar-refractivity contribution in [3.05, 3.63) is 54.4 Å². The van der Waals surface area contributed by atoms with E-state index in [0.717, 1.165) is 6.07 Å². The number of amidine groups is 1. The van der Waals surface area contributed by atoms with Crippen LogP contribution in [0.3, 0.4) is 0 Å².